The summed E-state index contributed by atoms with van der Waals surface area (Å²) < 4.78 is 5.30. The molecule has 3 heterocycles. The Labute approximate surface area is 155 Å². The molecule has 0 aliphatic rings. The zero-order chi connectivity index (χ0) is 18.8. The van der Waals surface area contributed by atoms with Crippen LogP contribution in [0.1, 0.15) is 0 Å². The Morgan fingerprint density at radius 2 is 1.74 bits per heavy atom. The number of ether oxygens (including phenoxy) is 1. The van der Waals surface area contributed by atoms with Crippen molar-refractivity contribution in [2.45, 2.75) is 0 Å². The molecule has 0 atom stereocenters. The lowest BCUT2D eigenvalue weighted by atomic mass is 10.1. The number of nitrogens with zero attached hydrogens (tertiary/aromatic N) is 3. The van der Waals surface area contributed by atoms with Crippen molar-refractivity contribution in [1.82, 2.24) is 19.9 Å². The maximum absolute atomic E-state index is 9.53. The van der Waals surface area contributed by atoms with Crippen molar-refractivity contribution in [1.29, 1.82) is 0 Å². The third-order valence-electron chi connectivity index (χ3n) is 4.19. The molecule has 0 amide bonds. The van der Waals surface area contributed by atoms with Gasteiger partial charge in [0.15, 0.2) is 11.6 Å². The molecule has 0 spiro atoms. The summed E-state index contributed by atoms with van der Waals surface area (Å²) in [5.74, 6) is 1.69. The lowest BCUT2D eigenvalue weighted by Crippen LogP contribution is -1.96. The first-order valence-corrected chi connectivity index (χ1v) is 8.25. The largest absolute Gasteiger partial charge is 0.508 e. The van der Waals surface area contributed by atoms with Crippen molar-refractivity contribution >= 4 is 5.82 Å². The van der Waals surface area contributed by atoms with Gasteiger partial charge in [-0.25, -0.2) is 9.97 Å². The number of hydrogen-bond acceptors (Lipinski definition) is 6. The Hall–Kier alpha value is -3.87. The quantitative estimate of drug-likeness (QED) is 0.514. The SMILES string of the molecule is COc1cc(-c2[nH]c(-c3ccc(O)cc3)nc2-c2ccncc2)cnc1N. The topological polar surface area (TPSA) is 110 Å². The van der Waals surface area contributed by atoms with Gasteiger partial charge in [0.1, 0.15) is 11.6 Å². The zero-order valence-electron chi connectivity index (χ0n) is 14.5. The predicted octanol–water partition coefficient (Wildman–Crippen LogP) is 3.50. The first kappa shape index (κ1) is 16.6. The van der Waals surface area contributed by atoms with E-state index < -0.39 is 0 Å². The number of H-pyrrole nitrogens is 1. The molecule has 0 saturated carbocycles. The van der Waals surface area contributed by atoms with Gasteiger partial charge < -0.3 is 20.6 Å². The summed E-state index contributed by atoms with van der Waals surface area (Å²) in [7, 11) is 1.55. The average molecular weight is 359 g/mol. The van der Waals surface area contributed by atoms with Gasteiger partial charge in [-0.2, -0.15) is 0 Å². The number of phenols is 1. The Balaban J connectivity index is 1.90. The van der Waals surface area contributed by atoms with Crippen LogP contribution in [0.15, 0.2) is 61.1 Å². The molecule has 4 rings (SSSR count). The molecule has 27 heavy (non-hydrogen) atoms. The molecular weight excluding hydrogens is 342 g/mol. The molecule has 0 aliphatic heterocycles. The van der Waals surface area contributed by atoms with Gasteiger partial charge in [0.05, 0.1) is 18.5 Å². The van der Waals surface area contributed by atoms with E-state index >= 15 is 0 Å². The molecule has 0 aliphatic carbocycles. The number of imidazole rings is 1. The van der Waals surface area contributed by atoms with Crippen molar-refractivity contribution in [2.24, 2.45) is 0 Å². The lowest BCUT2D eigenvalue weighted by molar-refractivity contribution is 0.415. The highest BCUT2D eigenvalue weighted by Gasteiger charge is 2.17. The van der Waals surface area contributed by atoms with Crippen molar-refractivity contribution in [3.05, 3.63) is 61.1 Å². The summed E-state index contributed by atoms with van der Waals surface area (Å²) in [5, 5.41) is 9.53. The number of nitrogens with one attached hydrogen (secondary N) is 1. The molecule has 7 heteroatoms. The number of aromatic nitrogens is 4. The first-order valence-electron chi connectivity index (χ1n) is 8.25. The van der Waals surface area contributed by atoms with Crippen LogP contribution >= 0.6 is 0 Å². The van der Waals surface area contributed by atoms with Crippen LogP contribution in [0.4, 0.5) is 5.82 Å². The van der Waals surface area contributed by atoms with E-state index in [1.807, 2.05) is 18.2 Å². The molecule has 4 N–H and O–H groups in total. The van der Waals surface area contributed by atoms with Crippen LogP contribution in [0.25, 0.3) is 33.9 Å². The number of benzene rings is 1. The van der Waals surface area contributed by atoms with Crippen molar-refractivity contribution in [3.8, 4) is 45.4 Å². The lowest BCUT2D eigenvalue weighted by Gasteiger charge is -2.07. The van der Waals surface area contributed by atoms with E-state index in [0.29, 0.717) is 17.4 Å². The van der Waals surface area contributed by atoms with Crippen LogP contribution in [0, 0.1) is 0 Å². The average Bonchev–Trinajstić information content (AvgIpc) is 3.15. The van der Waals surface area contributed by atoms with E-state index in [0.717, 1.165) is 28.1 Å². The van der Waals surface area contributed by atoms with Gasteiger partial charge in [0.25, 0.3) is 0 Å². The highest BCUT2D eigenvalue weighted by atomic mass is 16.5. The summed E-state index contributed by atoms with van der Waals surface area (Å²) in [6.07, 6.45) is 5.11. The summed E-state index contributed by atoms with van der Waals surface area (Å²) in [5.41, 5.74) is 9.95. The van der Waals surface area contributed by atoms with Gasteiger partial charge >= 0.3 is 0 Å². The van der Waals surface area contributed by atoms with Crippen LogP contribution in [0.5, 0.6) is 11.5 Å². The second-order valence-electron chi connectivity index (χ2n) is 5.90. The zero-order valence-corrected chi connectivity index (χ0v) is 14.5. The fourth-order valence-electron chi connectivity index (χ4n) is 2.81. The van der Waals surface area contributed by atoms with Crippen LogP contribution < -0.4 is 10.5 Å². The van der Waals surface area contributed by atoms with Crippen LogP contribution in [-0.4, -0.2) is 32.2 Å². The van der Waals surface area contributed by atoms with Crippen molar-refractivity contribution < 1.29 is 9.84 Å². The molecular formula is C20H17N5O2. The predicted molar refractivity (Wildman–Crippen MR) is 103 cm³/mol. The number of methoxy groups -OCH3 is 1. The van der Waals surface area contributed by atoms with E-state index in [2.05, 4.69) is 15.0 Å². The molecule has 134 valence electrons. The van der Waals surface area contributed by atoms with E-state index in [1.54, 1.807) is 50.0 Å². The Morgan fingerprint density at radius 3 is 2.44 bits per heavy atom. The molecule has 0 bridgehead atoms. The summed E-state index contributed by atoms with van der Waals surface area (Å²) in [6, 6.07) is 12.5. The number of pyridine rings is 2. The summed E-state index contributed by atoms with van der Waals surface area (Å²) in [6.45, 7) is 0. The Kier molecular flexibility index (Phi) is 4.18. The third-order valence-corrected chi connectivity index (χ3v) is 4.19. The normalized spacial score (nSPS) is 10.7. The van der Waals surface area contributed by atoms with Gasteiger partial charge in [-0.15, -0.1) is 0 Å². The minimum Gasteiger partial charge on any atom is -0.508 e. The number of nitrogens with two attached hydrogens (primary N) is 1. The molecule has 0 saturated heterocycles. The second kappa shape index (κ2) is 6.80. The Morgan fingerprint density at radius 1 is 1.00 bits per heavy atom. The standard InChI is InChI=1S/C20H17N5O2/c1-27-16-10-14(11-23-19(16)21)18-17(12-6-8-22-9-7-12)24-20(25-18)13-2-4-15(26)5-3-13/h2-11,26H,1H3,(H2,21,23)(H,24,25). The number of aromatic amines is 1. The maximum Gasteiger partial charge on any atom is 0.166 e. The Bertz CT molecular complexity index is 1080. The van der Waals surface area contributed by atoms with Crippen LogP contribution in [0.2, 0.25) is 0 Å². The van der Waals surface area contributed by atoms with Crippen molar-refractivity contribution in [3.63, 3.8) is 0 Å². The molecule has 7 nitrogen and oxygen atoms in total. The minimum atomic E-state index is 0.201. The van der Waals surface area contributed by atoms with Gasteiger partial charge in [-0.1, -0.05) is 0 Å². The number of nitrogen functional groups attached to an aromatic ring is 1. The van der Waals surface area contributed by atoms with Crippen molar-refractivity contribution in [2.75, 3.05) is 12.8 Å². The van der Waals surface area contributed by atoms with Gasteiger partial charge in [0, 0.05) is 35.3 Å². The number of anilines is 1. The number of hydrogen-bond donors (Lipinski definition) is 3. The highest BCUT2D eigenvalue weighted by molar-refractivity contribution is 5.81. The smallest absolute Gasteiger partial charge is 0.166 e. The number of rotatable bonds is 4. The van der Waals surface area contributed by atoms with E-state index in [4.69, 9.17) is 15.5 Å². The molecule has 3 aromatic heterocycles. The molecule has 1 aromatic carbocycles. The summed E-state index contributed by atoms with van der Waals surface area (Å²) >= 11 is 0. The molecule has 4 aromatic rings. The maximum atomic E-state index is 9.53. The monoisotopic (exact) mass is 359 g/mol. The van der Waals surface area contributed by atoms with E-state index in [9.17, 15) is 5.11 Å². The number of phenolic OH excluding ortho intramolecular Hbond substituents is 1. The summed E-state index contributed by atoms with van der Waals surface area (Å²) in [4.78, 5) is 16.4. The van der Waals surface area contributed by atoms with Crippen LogP contribution in [0.3, 0.4) is 0 Å². The van der Waals surface area contributed by atoms with Gasteiger partial charge in [-0.05, 0) is 42.5 Å². The van der Waals surface area contributed by atoms with Gasteiger partial charge in [0.2, 0.25) is 0 Å². The fourth-order valence-corrected chi connectivity index (χ4v) is 2.81. The van der Waals surface area contributed by atoms with E-state index in [-0.39, 0.29) is 5.75 Å². The highest BCUT2D eigenvalue weighted by Crippen LogP contribution is 2.35. The number of aromatic hydroxyl groups is 1. The third kappa shape index (κ3) is 3.18. The second-order valence-corrected chi connectivity index (χ2v) is 5.90. The molecule has 0 fully saturated rings. The molecule has 0 unspecified atom stereocenters. The fraction of sp³-hybridized carbons (Fsp3) is 0.0500. The van der Waals surface area contributed by atoms with Gasteiger partial charge in [-0.3, -0.25) is 4.98 Å². The van der Waals surface area contributed by atoms with Crippen LogP contribution in [-0.2, 0) is 0 Å². The minimum absolute atomic E-state index is 0.201. The molecule has 0 radical (unpaired) electrons. The van der Waals surface area contributed by atoms with E-state index in [1.165, 1.54) is 0 Å². The first-order chi connectivity index (χ1) is 13.2.